The number of pyridine rings is 1. The van der Waals surface area contributed by atoms with Crippen molar-refractivity contribution < 1.29 is 9.53 Å². The summed E-state index contributed by atoms with van der Waals surface area (Å²) < 4.78 is 5.41. The van der Waals surface area contributed by atoms with E-state index in [0.29, 0.717) is 18.1 Å². The second kappa shape index (κ2) is 4.61. The summed E-state index contributed by atoms with van der Waals surface area (Å²) in [5, 5.41) is 1.90. The highest BCUT2D eigenvalue weighted by Crippen LogP contribution is 2.21. The molecule has 3 rings (SSSR count). The largest absolute Gasteiger partial charge is 0.490 e. The second-order valence-electron chi connectivity index (χ2n) is 4.27. The third kappa shape index (κ3) is 1.88. The van der Waals surface area contributed by atoms with Gasteiger partial charge in [0.05, 0.1) is 6.61 Å². The lowest BCUT2D eigenvalue weighted by Gasteiger charge is -2.14. The summed E-state index contributed by atoms with van der Waals surface area (Å²) in [4.78, 5) is 16.6. The van der Waals surface area contributed by atoms with Crippen LogP contribution in [0.1, 0.15) is 23.3 Å². The van der Waals surface area contributed by atoms with Crippen LogP contribution in [0.5, 0.6) is 0 Å². The third-order valence-electron chi connectivity index (χ3n) is 3.05. The molecular weight excluding hydrogens is 226 g/mol. The van der Waals surface area contributed by atoms with Gasteiger partial charge in [-0.05, 0) is 30.4 Å². The van der Waals surface area contributed by atoms with Crippen LogP contribution in [0, 0.1) is 0 Å². The first-order valence-corrected chi connectivity index (χ1v) is 6.08. The number of carbonyl (C=O) groups excluding carboxylic acids is 1. The SMILES string of the molecule is O=C(C1=CCCCO1)c1nccc2ccccc12. The Morgan fingerprint density at radius 3 is 2.94 bits per heavy atom. The molecule has 0 atom stereocenters. The summed E-state index contributed by atoms with van der Waals surface area (Å²) in [5.74, 6) is 0.316. The number of fused-ring (bicyclic) bond motifs is 1. The van der Waals surface area contributed by atoms with Crippen molar-refractivity contribution in [2.75, 3.05) is 6.61 Å². The molecule has 2 heterocycles. The maximum Gasteiger partial charge on any atom is 0.246 e. The van der Waals surface area contributed by atoms with Crippen LogP contribution in [0.25, 0.3) is 10.8 Å². The normalized spacial score (nSPS) is 15.0. The van der Waals surface area contributed by atoms with Gasteiger partial charge in [0, 0.05) is 11.6 Å². The fourth-order valence-electron chi connectivity index (χ4n) is 2.13. The Balaban J connectivity index is 2.09. The Bertz CT molecular complexity index is 626. The van der Waals surface area contributed by atoms with E-state index in [-0.39, 0.29) is 5.78 Å². The molecule has 0 bridgehead atoms. The first-order chi connectivity index (χ1) is 8.86. The van der Waals surface area contributed by atoms with Crippen LogP contribution in [-0.4, -0.2) is 17.4 Å². The predicted octanol–water partition coefficient (Wildman–Crippen LogP) is 3.11. The number of aromatic nitrogens is 1. The smallest absolute Gasteiger partial charge is 0.246 e. The topological polar surface area (TPSA) is 39.2 Å². The van der Waals surface area contributed by atoms with Crippen molar-refractivity contribution in [1.82, 2.24) is 4.98 Å². The molecule has 3 heteroatoms. The number of ether oxygens (including phenoxy) is 1. The highest BCUT2D eigenvalue weighted by atomic mass is 16.5. The van der Waals surface area contributed by atoms with Gasteiger partial charge in [-0.2, -0.15) is 0 Å². The van der Waals surface area contributed by atoms with Crippen molar-refractivity contribution in [1.29, 1.82) is 0 Å². The summed E-state index contributed by atoms with van der Waals surface area (Å²) in [6.07, 6.45) is 5.39. The van der Waals surface area contributed by atoms with Crippen LogP contribution in [0.3, 0.4) is 0 Å². The van der Waals surface area contributed by atoms with Crippen molar-refractivity contribution in [3.63, 3.8) is 0 Å². The van der Waals surface area contributed by atoms with Gasteiger partial charge in [-0.15, -0.1) is 0 Å². The fourth-order valence-corrected chi connectivity index (χ4v) is 2.13. The van der Waals surface area contributed by atoms with Gasteiger partial charge in [0.1, 0.15) is 5.69 Å². The van der Waals surface area contributed by atoms with Crippen LogP contribution in [0.4, 0.5) is 0 Å². The molecule has 1 aliphatic rings. The van der Waals surface area contributed by atoms with Gasteiger partial charge in [-0.25, -0.2) is 0 Å². The molecule has 1 aliphatic heterocycles. The van der Waals surface area contributed by atoms with E-state index in [1.807, 2.05) is 36.4 Å². The zero-order valence-corrected chi connectivity index (χ0v) is 9.93. The Kier molecular flexibility index (Phi) is 2.81. The zero-order chi connectivity index (χ0) is 12.4. The van der Waals surface area contributed by atoms with Crippen LogP contribution in [0.2, 0.25) is 0 Å². The zero-order valence-electron chi connectivity index (χ0n) is 9.93. The number of carbonyl (C=O) groups is 1. The molecule has 2 aromatic rings. The molecule has 90 valence electrons. The molecule has 0 aliphatic carbocycles. The molecule has 0 N–H and O–H groups in total. The van der Waals surface area contributed by atoms with Gasteiger partial charge in [-0.3, -0.25) is 9.78 Å². The van der Waals surface area contributed by atoms with Crippen LogP contribution < -0.4 is 0 Å². The van der Waals surface area contributed by atoms with E-state index in [1.165, 1.54) is 0 Å². The van der Waals surface area contributed by atoms with Crippen molar-refractivity contribution in [2.24, 2.45) is 0 Å². The lowest BCUT2D eigenvalue weighted by Crippen LogP contribution is -2.13. The van der Waals surface area contributed by atoms with Gasteiger partial charge >= 0.3 is 0 Å². The standard InChI is InChI=1S/C15H13NO2/c17-15(13-7-3-4-10-18-13)14-12-6-2-1-5-11(12)8-9-16-14/h1-2,5-9H,3-4,10H2. The van der Waals surface area contributed by atoms with Gasteiger partial charge in [0.2, 0.25) is 5.78 Å². The molecular formula is C15H13NO2. The monoisotopic (exact) mass is 239 g/mol. The molecule has 0 saturated heterocycles. The van der Waals surface area contributed by atoms with Crippen molar-refractivity contribution in [3.05, 3.63) is 54.1 Å². The number of ketones is 1. The third-order valence-corrected chi connectivity index (χ3v) is 3.05. The van der Waals surface area contributed by atoms with Crippen LogP contribution in [0.15, 0.2) is 48.4 Å². The molecule has 0 fully saturated rings. The van der Waals surface area contributed by atoms with Gasteiger partial charge in [-0.1, -0.05) is 24.3 Å². The molecule has 3 nitrogen and oxygen atoms in total. The van der Waals surface area contributed by atoms with E-state index in [2.05, 4.69) is 4.98 Å². The van der Waals surface area contributed by atoms with Crippen molar-refractivity contribution >= 4 is 16.6 Å². The van der Waals surface area contributed by atoms with E-state index >= 15 is 0 Å². The fraction of sp³-hybridized carbons (Fsp3) is 0.200. The number of allylic oxidation sites excluding steroid dienone is 2. The molecule has 0 saturated carbocycles. The maximum atomic E-state index is 12.4. The van der Waals surface area contributed by atoms with E-state index in [4.69, 9.17) is 4.74 Å². The van der Waals surface area contributed by atoms with Crippen LogP contribution >= 0.6 is 0 Å². The number of nitrogens with zero attached hydrogens (tertiary/aromatic N) is 1. The minimum absolute atomic E-state index is 0.119. The van der Waals surface area contributed by atoms with Crippen molar-refractivity contribution in [3.8, 4) is 0 Å². The summed E-state index contributed by atoms with van der Waals surface area (Å²) in [6, 6.07) is 9.66. The number of rotatable bonds is 2. The predicted molar refractivity (Wildman–Crippen MR) is 69.3 cm³/mol. The Hall–Kier alpha value is -2.16. The lowest BCUT2D eigenvalue weighted by atomic mass is 10.1. The van der Waals surface area contributed by atoms with Gasteiger partial charge in [0.15, 0.2) is 5.76 Å². The molecule has 0 amide bonds. The highest BCUT2D eigenvalue weighted by Gasteiger charge is 2.19. The molecule has 1 aromatic carbocycles. The van der Waals surface area contributed by atoms with Crippen molar-refractivity contribution in [2.45, 2.75) is 12.8 Å². The van der Waals surface area contributed by atoms with E-state index in [9.17, 15) is 4.79 Å². The first-order valence-electron chi connectivity index (χ1n) is 6.08. The maximum absolute atomic E-state index is 12.4. The molecule has 18 heavy (non-hydrogen) atoms. The molecule has 0 spiro atoms. The second-order valence-corrected chi connectivity index (χ2v) is 4.27. The number of benzene rings is 1. The first kappa shape index (κ1) is 11.0. The quantitative estimate of drug-likeness (QED) is 0.756. The summed E-state index contributed by atoms with van der Waals surface area (Å²) in [6.45, 7) is 0.613. The Labute approximate surface area is 105 Å². The van der Waals surface area contributed by atoms with Gasteiger partial charge in [0.25, 0.3) is 0 Å². The van der Waals surface area contributed by atoms with E-state index in [0.717, 1.165) is 23.6 Å². The minimum Gasteiger partial charge on any atom is -0.490 e. The Morgan fingerprint density at radius 2 is 2.11 bits per heavy atom. The summed E-state index contributed by atoms with van der Waals surface area (Å²) in [7, 11) is 0. The lowest BCUT2D eigenvalue weighted by molar-refractivity contribution is 0.0896. The number of hydrogen-bond acceptors (Lipinski definition) is 3. The van der Waals surface area contributed by atoms with Crippen LogP contribution in [-0.2, 0) is 4.74 Å². The number of Topliss-reactive ketones (excluding diaryl/α,β-unsaturated/α-hetero) is 1. The van der Waals surface area contributed by atoms with E-state index in [1.54, 1.807) is 6.20 Å². The highest BCUT2D eigenvalue weighted by molar-refractivity contribution is 6.13. The van der Waals surface area contributed by atoms with E-state index < -0.39 is 0 Å². The molecule has 0 radical (unpaired) electrons. The average molecular weight is 239 g/mol. The summed E-state index contributed by atoms with van der Waals surface area (Å²) in [5.41, 5.74) is 0.473. The van der Waals surface area contributed by atoms with Gasteiger partial charge < -0.3 is 4.74 Å². The molecule has 1 aromatic heterocycles. The Morgan fingerprint density at radius 1 is 1.22 bits per heavy atom. The average Bonchev–Trinajstić information content (AvgIpc) is 2.47. The number of hydrogen-bond donors (Lipinski definition) is 0. The molecule has 0 unspecified atom stereocenters. The summed E-state index contributed by atoms with van der Waals surface area (Å²) >= 11 is 0. The minimum atomic E-state index is -0.119.